The molecule has 1 aliphatic rings. The van der Waals surface area contributed by atoms with E-state index in [1.807, 2.05) is 54.7 Å². The predicted octanol–water partition coefficient (Wildman–Crippen LogP) is 4.07. The van der Waals surface area contributed by atoms with Crippen molar-refractivity contribution in [2.75, 3.05) is 52.9 Å². The highest BCUT2D eigenvalue weighted by Gasteiger charge is 2.13. The first-order valence-corrected chi connectivity index (χ1v) is 15.2. The van der Waals surface area contributed by atoms with E-state index in [0.717, 1.165) is 27.6 Å². The summed E-state index contributed by atoms with van der Waals surface area (Å²) in [6, 6.07) is 22.0. The Bertz CT molecular complexity index is 1620. The van der Waals surface area contributed by atoms with Crippen LogP contribution >= 0.6 is 0 Å². The summed E-state index contributed by atoms with van der Waals surface area (Å²) in [5, 5.41) is 1.06. The molecule has 42 heavy (non-hydrogen) atoms. The molecule has 5 rings (SSSR count). The van der Waals surface area contributed by atoms with Gasteiger partial charge in [0.25, 0.3) is 0 Å². The van der Waals surface area contributed by atoms with Crippen molar-refractivity contribution in [3.8, 4) is 11.5 Å². The zero-order valence-electron chi connectivity index (χ0n) is 23.1. The molecule has 0 aliphatic carbocycles. The molecular formula is C32H33NO8S. The van der Waals surface area contributed by atoms with E-state index in [-0.39, 0.29) is 4.90 Å². The predicted molar refractivity (Wildman–Crippen MR) is 156 cm³/mol. The lowest BCUT2D eigenvalue weighted by atomic mass is 10.1. The zero-order chi connectivity index (χ0) is 29.2. The fourth-order valence-corrected chi connectivity index (χ4v) is 5.03. The van der Waals surface area contributed by atoms with E-state index in [4.69, 9.17) is 23.7 Å². The van der Waals surface area contributed by atoms with Crippen LogP contribution in [-0.2, 0) is 30.9 Å². The SMILES string of the molecule is O=S(=O)([O-])c1ccc(C[n+]2ccc(/C=C/c3ccc4c(c3)OCCOCCOCCOCCO4)c3ccccc32)cc1. The molecule has 0 bridgehead atoms. The van der Waals surface area contributed by atoms with Gasteiger partial charge in [-0.15, -0.1) is 0 Å². The Morgan fingerprint density at radius 1 is 0.714 bits per heavy atom. The van der Waals surface area contributed by atoms with Crippen molar-refractivity contribution in [3.63, 3.8) is 0 Å². The fourth-order valence-electron chi connectivity index (χ4n) is 4.56. The van der Waals surface area contributed by atoms with Crippen molar-refractivity contribution >= 4 is 33.2 Å². The summed E-state index contributed by atoms with van der Waals surface area (Å²) in [4.78, 5) is -0.234. The monoisotopic (exact) mass is 591 g/mol. The van der Waals surface area contributed by atoms with Crippen LogP contribution in [-0.4, -0.2) is 65.8 Å². The normalized spacial score (nSPS) is 15.7. The Hall–Kier alpha value is -3.80. The zero-order valence-corrected chi connectivity index (χ0v) is 24.0. The highest BCUT2D eigenvalue weighted by molar-refractivity contribution is 7.85. The van der Waals surface area contributed by atoms with Crippen LogP contribution in [0.15, 0.2) is 83.9 Å². The molecule has 0 amide bonds. The first-order chi connectivity index (χ1) is 20.5. The number of pyridine rings is 1. The maximum absolute atomic E-state index is 11.3. The summed E-state index contributed by atoms with van der Waals surface area (Å²) in [7, 11) is -4.47. The maximum Gasteiger partial charge on any atom is 0.213 e. The third kappa shape index (κ3) is 8.15. The quantitative estimate of drug-likeness (QED) is 0.253. The van der Waals surface area contributed by atoms with Crippen molar-refractivity contribution < 1.29 is 41.2 Å². The molecule has 0 radical (unpaired) electrons. The van der Waals surface area contributed by atoms with Crippen LogP contribution in [0.1, 0.15) is 16.7 Å². The molecule has 3 aromatic carbocycles. The molecule has 4 aromatic rings. The van der Waals surface area contributed by atoms with Crippen molar-refractivity contribution in [2.45, 2.75) is 11.4 Å². The van der Waals surface area contributed by atoms with E-state index in [2.05, 4.69) is 16.7 Å². The number of para-hydroxylation sites is 1. The Labute approximate surface area is 245 Å². The second kappa shape index (κ2) is 14.4. The molecular weight excluding hydrogens is 558 g/mol. The average molecular weight is 592 g/mol. The lowest BCUT2D eigenvalue weighted by Crippen LogP contribution is -2.34. The van der Waals surface area contributed by atoms with Gasteiger partial charge in [0.15, 0.2) is 24.2 Å². The van der Waals surface area contributed by atoms with Gasteiger partial charge in [-0.05, 0) is 41.5 Å². The van der Waals surface area contributed by atoms with E-state index in [1.165, 1.54) is 12.1 Å². The summed E-state index contributed by atoms with van der Waals surface area (Å²) in [6.07, 6.45) is 6.09. The van der Waals surface area contributed by atoms with Gasteiger partial charge >= 0.3 is 0 Å². The second-order valence-electron chi connectivity index (χ2n) is 9.59. The van der Waals surface area contributed by atoms with E-state index < -0.39 is 10.1 Å². The van der Waals surface area contributed by atoms with E-state index in [0.29, 0.717) is 70.9 Å². The summed E-state index contributed by atoms with van der Waals surface area (Å²) in [5.74, 6) is 1.28. The summed E-state index contributed by atoms with van der Waals surface area (Å²) < 4.78 is 64.4. The molecule has 9 nitrogen and oxygen atoms in total. The van der Waals surface area contributed by atoms with Gasteiger partial charge < -0.3 is 28.2 Å². The average Bonchev–Trinajstić information content (AvgIpc) is 3.00. The number of aromatic nitrogens is 1. The molecule has 10 heteroatoms. The Kier molecular flexibility index (Phi) is 10.2. The lowest BCUT2D eigenvalue weighted by Gasteiger charge is -2.13. The minimum Gasteiger partial charge on any atom is -0.744 e. The third-order valence-electron chi connectivity index (χ3n) is 6.66. The summed E-state index contributed by atoms with van der Waals surface area (Å²) in [6.45, 7) is 4.25. The van der Waals surface area contributed by atoms with Crippen molar-refractivity contribution in [2.24, 2.45) is 0 Å². The highest BCUT2D eigenvalue weighted by atomic mass is 32.2. The second-order valence-corrected chi connectivity index (χ2v) is 11.0. The molecule has 1 aliphatic heterocycles. The van der Waals surface area contributed by atoms with E-state index in [9.17, 15) is 13.0 Å². The molecule has 0 atom stereocenters. The number of hydrogen-bond donors (Lipinski definition) is 0. The Morgan fingerprint density at radius 2 is 1.36 bits per heavy atom. The molecule has 0 saturated heterocycles. The third-order valence-corrected chi connectivity index (χ3v) is 7.51. The highest BCUT2D eigenvalue weighted by Crippen LogP contribution is 2.30. The van der Waals surface area contributed by atoms with E-state index >= 15 is 0 Å². The Balaban J connectivity index is 1.34. The maximum atomic E-state index is 11.3. The summed E-state index contributed by atoms with van der Waals surface area (Å²) in [5.41, 5.74) is 3.89. The number of hydrogen-bond acceptors (Lipinski definition) is 8. The van der Waals surface area contributed by atoms with Crippen LogP contribution in [0, 0.1) is 0 Å². The van der Waals surface area contributed by atoms with Crippen molar-refractivity contribution in [1.82, 2.24) is 0 Å². The van der Waals surface area contributed by atoms with Gasteiger partial charge in [0.1, 0.15) is 23.3 Å². The number of rotatable bonds is 5. The first-order valence-electron chi connectivity index (χ1n) is 13.7. The molecule has 0 spiro atoms. The molecule has 2 heterocycles. The molecule has 0 saturated carbocycles. The largest absolute Gasteiger partial charge is 0.744 e. The van der Waals surface area contributed by atoms with Crippen LogP contribution in [0.2, 0.25) is 0 Å². The lowest BCUT2D eigenvalue weighted by molar-refractivity contribution is -0.662. The molecule has 0 N–H and O–H groups in total. The van der Waals surface area contributed by atoms with Gasteiger partial charge in [0, 0.05) is 17.7 Å². The molecule has 220 valence electrons. The molecule has 0 unspecified atom stereocenters. The van der Waals surface area contributed by atoms with Gasteiger partial charge in [0.2, 0.25) is 5.52 Å². The van der Waals surface area contributed by atoms with Gasteiger partial charge in [-0.25, -0.2) is 8.42 Å². The number of benzene rings is 3. The van der Waals surface area contributed by atoms with Crippen LogP contribution in [0.5, 0.6) is 11.5 Å². The van der Waals surface area contributed by atoms with Crippen LogP contribution in [0.4, 0.5) is 0 Å². The van der Waals surface area contributed by atoms with Crippen molar-refractivity contribution in [3.05, 3.63) is 95.7 Å². The van der Waals surface area contributed by atoms with Crippen LogP contribution in [0.25, 0.3) is 23.1 Å². The minimum absolute atomic E-state index is 0.234. The topological polar surface area (TPSA) is 107 Å². The smallest absolute Gasteiger partial charge is 0.213 e. The minimum atomic E-state index is -4.47. The number of fused-ring (bicyclic) bond motifs is 2. The standard InChI is InChI=1S/C32H33NO8S/c34-42(35,36)28-10-6-26(7-11-28)24-33-14-13-27(29-3-1-2-4-30(29)33)9-5-25-8-12-31-32(23-25)41-22-20-39-18-16-37-15-17-38-19-21-40-31/h1-14,23H,15-22,24H2/b9-5+. The summed E-state index contributed by atoms with van der Waals surface area (Å²) >= 11 is 0. The van der Waals surface area contributed by atoms with Gasteiger partial charge in [0.05, 0.1) is 49.9 Å². The molecule has 1 aromatic heterocycles. The number of ether oxygens (including phenoxy) is 5. The van der Waals surface area contributed by atoms with Gasteiger partial charge in [-0.3, -0.25) is 0 Å². The van der Waals surface area contributed by atoms with Gasteiger partial charge in [-0.2, -0.15) is 4.57 Å². The molecule has 0 fully saturated rings. The van der Waals surface area contributed by atoms with Gasteiger partial charge in [-0.1, -0.05) is 42.5 Å². The van der Waals surface area contributed by atoms with Crippen molar-refractivity contribution in [1.29, 1.82) is 0 Å². The number of nitrogens with zero attached hydrogens (tertiary/aromatic N) is 1. The van der Waals surface area contributed by atoms with E-state index in [1.54, 1.807) is 12.1 Å². The Morgan fingerprint density at radius 3 is 2.05 bits per heavy atom. The van der Waals surface area contributed by atoms with Crippen LogP contribution in [0.3, 0.4) is 0 Å². The fraction of sp³-hybridized carbons (Fsp3) is 0.281. The van der Waals surface area contributed by atoms with Crippen LogP contribution < -0.4 is 14.0 Å². The first kappa shape index (κ1) is 29.7.